The Morgan fingerprint density at radius 1 is 1.32 bits per heavy atom. The van der Waals surface area contributed by atoms with Gasteiger partial charge < -0.3 is 45.2 Å². The number of carbonyl (C=O) groups is 5. The zero-order valence-electron chi connectivity index (χ0n) is 16.7. The van der Waals surface area contributed by atoms with Gasteiger partial charge in [0, 0.05) is 13.5 Å². The van der Waals surface area contributed by atoms with Crippen LogP contribution in [-0.4, -0.2) is 85.9 Å². The lowest BCUT2D eigenvalue weighted by molar-refractivity contribution is -0.147. The molecule has 2 aliphatic heterocycles. The van der Waals surface area contributed by atoms with Crippen molar-refractivity contribution in [2.45, 2.75) is 43.7 Å². The van der Waals surface area contributed by atoms with Crippen molar-refractivity contribution in [2.75, 3.05) is 20.3 Å². The number of carboxylic acids is 1. The van der Waals surface area contributed by atoms with Crippen molar-refractivity contribution >= 4 is 30.1 Å². The van der Waals surface area contributed by atoms with E-state index in [1.807, 2.05) is 0 Å². The standard InChI is InChI=1S/C17H23N3O11/c1-7(21)20-12-8(18)5-9(15(24)27-2)29-14(12)13(10-6-28-17(26)30-10)31-16(25)19-4-3-11(22)23/h5,8,10,12-14H,3-4,6,18H2,1-2H3,(H,19,25)(H,20,21)(H,22,23)/t8-,10?,12?,13?,14?/m0/s1. The minimum Gasteiger partial charge on any atom is -0.481 e. The second-order valence-corrected chi connectivity index (χ2v) is 6.57. The average Bonchev–Trinajstić information content (AvgIpc) is 3.12. The Morgan fingerprint density at radius 3 is 2.58 bits per heavy atom. The molecule has 14 nitrogen and oxygen atoms in total. The summed E-state index contributed by atoms with van der Waals surface area (Å²) < 4.78 is 25.3. The number of ether oxygens (including phenoxy) is 5. The summed E-state index contributed by atoms with van der Waals surface area (Å²) in [5.41, 5.74) is 6.07. The van der Waals surface area contributed by atoms with Crippen molar-refractivity contribution in [3.05, 3.63) is 11.8 Å². The molecule has 2 amide bonds. The lowest BCUT2D eigenvalue weighted by Gasteiger charge is -2.39. The van der Waals surface area contributed by atoms with Crippen molar-refractivity contribution < 1.29 is 52.8 Å². The van der Waals surface area contributed by atoms with E-state index in [1.54, 1.807) is 0 Å². The number of nitrogens with two attached hydrogens (primary N) is 1. The van der Waals surface area contributed by atoms with Gasteiger partial charge in [0.1, 0.15) is 6.61 Å². The number of carboxylic acid groups (broad SMARTS) is 1. The van der Waals surface area contributed by atoms with Crippen LogP contribution in [0.4, 0.5) is 9.59 Å². The van der Waals surface area contributed by atoms with Gasteiger partial charge in [-0.2, -0.15) is 0 Å². The van der Waals surface area contributed by atoms with Crippen molar-refractivity contribution in [1.82, 2.24) is 10.6 Å². The number of methoxy groups -OCH3 is 1. The van der Waals surface area contributed by atoms with Crippen LogP contribution in [0.1, 0.15) is 13.3 Å². The molecule has 0 radical (unpaired) electrons. The Morgan fingerprint density at radius 2 is 2.03 bits per heavy atom. The largest absolute Gasteiger partial charge is 0.508 e. The molecule has 1 fully saturated rings. The van der Waals surface area contributed by atoms with Crippen LogP contribution in [0.25, 0.3) is 0 Å². The Labute approximate surface area is 175 Å². The molecule has 2 rings (SSSR count). The highest BCUT2D eigenvalue weighted by atomic mass is 16.8. The lowest BCUT2D eigenvalue weighted by Crippen LogP contribution is -2.63. The summed E-state index contributed by atoms with van der Waals surface area (Å²) in [5.74, 6) is -2.80. The monoisotopic (exact) mass is 445 g/mol. The van der Waals surface area contributed by atoms with Crippen LogP contribution in [0.5, 0.6) is 0 Å². The summed E-state index contributed by atoms with van der Waals surface area (Å²) in [6, 6.07) is -1.96. The molecule has 5 N–H and O–H groups in total. The van der Waals surface area contributed by atoms with E-state index in [4.69, 9.17) is 29.8 Å². The van der Waals surface area contributed by atoms with Crippen LogP contribution in [0, 0.1) is 0 Å². The molecule has 0 aliphatic carbocycles. The third-order valence-corrected chi connectivity index (χ3v) is 4.29. The first kappa shape index (κ1) is 23.7. The number of esters is 1. The third kappa shape index (κ3) is 6.47. The molecule has 0 saturated carbocycles. The Bertz CT molecular complexity index is 768. The fourth-order valence-electron chi connectivity index (χ4n) is 2.95. The first-order chi connectivity index (χ1) is 14.6. The van der Waals surface area contributed by atoms with Gasteiger partial charge in [-0.25, -0.2) is 14.4 Å². The number of aliphatic carboxylic acids is 1. The average molecular weight is 445 g/mol. The van der Waals surface area contributed by atoms with Crippen molar-refractivity contribution in [1.29, 1.82) is 0 Å². The second-order valence-electron chi connectivity index (χ2n) is 6.57. The van der Waals surface area contributed by atoms with Crippen molar-refractivity contribution in [3.8, 4) is 0 Å². The van der Waals surface area contributed by atoms with Crippen LogP contribution >= 0.6 is 0 Å². The number of rotatable bonds is 8. The minimum absolute atomic E-state index is 0.241. The quantitative estimate of drug-likeness (QED) is 0.246. The number of carbonyl (C=O) groups excluding carboxylic acids is 4. The summed E-state index contributed by atoms with van der Waals surface area (Å²) in [6.45, 7) is 0.664. The summed E-state index contributed by atoms with van der Waals surface area (Å²) >= 11 is 0. The van der Waals surface area contributed by atoms with E-state index in [2.05, 4.69) is 15.4 Å². The van der Waals surface area contributed by atoms with Gasteiger partial charge in [-0.3, -0.25) is 9.59 Å². The maximum atomic E-state index is 12.2. The van der Waals surface area contributed by atoms with Gasteiger partial charge in [0.2, 0.25) is 11.7 Å². The number of amides is 2. The number of alkyl carbamates (subject to hydrolysis) is 1. The number of cyclic esters (lactones) is 2. The molecular weight excluding hydrogens is 422 g/mol. The fourth-order valence-corrected chi connectivity index (χ4v) is 2.95. The molecule has 0 aromatic rings. The van der Waals surface area contributed by atoms with E-state index in [9.17, 15) is 24.0 Å². The SMILES string of the molecule is COC(=O)C1=C[C@H](N)C(NC(C)=O)C(C(OC(=O)NCCC(=O)O)C2COC(=O)O2)O1. The normalized spacial score (nSPS) is 25.6. The van der Waals surface area contributed by atoms with Gasteiger partial charge in [0.25, 0.3) is 0 Å². The highest BCUT2D eigenvalue weighted by Gasteiger charge is 2.49. The van der Waals surface area contributed by atoms with Crippen LogP contribution in [0.3, 0.4) is 0 Å². The van der Waals surface area contributed by atoms with Gasteiger partial charge in [-0.05, 0) is 6.08 Å². The molecule has 172 valence electrons. The predicted molar refractivity (Wildman–Crippen MR) is 97.3 cm³/mol. The molecule has 31 heavy (non-hydrogen) atoms. The van der Waals surface area contributed by atoms with Crippen LogP contribution in [0.15, 0.2) is 11.8 Å². The molecule has 5 atom stereocenters. The molecule has 1 saturated heterocycles. The molecule has 0 aromatic carbocycles. The van der Waals surface area contributed by atoms with E-state index < -0.39 is 60.5 Å². The lowest BCUT2D eigenvalue weighted by atomic mass is 9.92. The minimum atomic E-state index is -1.40. The highest BCUT2D eigenvalue weighted by Crippen LogP contribution is 2.27. The van der Waals surface area contributed by atoms with E-state index in [0.29, 0.717) is 0 Å². The maximum Gasteiger partial charge on any atom is 0.508 e. The first-order valence-electron chi connectivity index (χ1n) is 9.11. The predicted octanol–water partition coefficient (Wildman–Crippen LogP) is -1.62. The second kappa shape index (κ2) is 10.5. The zero-order chi connectivity index (χ0) is 23.1. The molecule has 14 heteroatoms. The van der Waals surface area contributed by atoms with Crippen molar-refractivity contribution in [2.24, 2.45) is 5.73 Å². The zero-order valence-corrected chi connectivity index (χ0v) is 16.7. The van der Waals surface area contributed by atoms with Crippen LogP contribution in [-0.2, 0) is 38.1 Å². The summed E-state index contributed by atoms with van der Waals surface area (Å²) in [5, 5.41) is 13.5. The third-order valence-electron chi connectivity index (χ3n) is 4.29. The molecule has 0 bridgehead atoms. The van der Waals surface area contributed by atoms with E-state index in [0.717, 1.165) is 7.11 Å². The van der Waals surface area contributed by atoms with E-state index in [-0.39, 0.29) is 25.3 Å². The van der Waals surface area contributed by atoms with E-state index >= 15 is 0 Å². The van der Waals surface area contributed by atoms with Gasteiger partial charge >= 0.3 is 24.2 Å². The number of nitrogens with one attached hydrogen (secondary N) is 2. The van der Waals surface area contributed by atoms with Crippen LogP contribution in [0.2, 0.25) is 0 Å². The Kier molecular flexibility index (Phi) is 8.01. The van der Waals surface area contributed by atoms with Gasteiger partial charge in [-0.15, -0.1) is 0 Å². The maximum absolute atomic E-state index is 12.2. The highest BCUT2D eigenvalue weighted by molar-refractivity contribution is 5.86. The number of hydrogen-bond acceptors (Lipinski definition) is 11. The topological polar surface area (TPSA) is 202 Å². The van der Waals surface area contributed by atoms with Crippen LogP contribution < -0.4 is 16.4 Å². The van der Waals surface area contributed by atoms with Crippen molar-refractivity contribution in [3.63, 3.8) is 0 Å². The summed E-state index contributed by atoms with van der Waals surface area (Å²) in [7, 11) is 1.11. The summed E-state index contributed by atoms with van der Waals surface area (Å²) in [4.78, 5) is 57.9. The summed E-state index contributed by atoms with van der Waals surface area (Å²) in [6.07, 6.45) is -5.06. The smallest absolute Gasteiger partial charge is 0.481 e. The molecule has 4 unspecified atom stereocenters. The Balaban J connectivity index is 2.30. The molecule has 0 aromatic heterocycles. The molecule has 2 aliphatic rings. The molecule has 0 spiro atoms. The van der Waals surface area contributed by atoms with Gasteiger partial charge in [-0.1, -0.05) is 0 Å². The fraction of sp³-hybridized carbons (Fsp3) is 0.588. The van der Waals surface area contributed by atoms with Gasteiger partial charge in [0.05, 0.1) is 25.6 Å². The number of hydrogen-bond donors (Lipinski definition) is 4. The molecule has 2 heterocycles. The molecular formula is C17H23N3O11. The van der Waals surface area contributed by atoms with E-state index in [1.165, 1.54) is 13.0 Å². The van der Waals surface area contributed by atoms with Gasteiger partial charge in [0.15, 0.2) is 18.3 Å². The Hall–Kier alpha value is -3.55. The first-order valence-corrected chi connectivity index (χ1v) is 9.11.